The van der Waals surface area contributed by atoms with E-state index in [1.54, 1.807) is 0 Å². The average Bonchev–Trinajstić information content (AvgIpc) is 2.02. The molecule has 0 N–H and O–H groups in total. The predicted molar refractivity (Wildman–Crippen MR) is 43.0 cm³/mol. The summed E-state index contributed by atoms with van der Waals surface area (Å²) in [7, 11) is 1.08. The molecule has 0 aromatic heterocycles. The van der Waals surface area contributed by atoms with Crippen LogP contribution in [0, 0.1) is 5.82 Å². The smallest absolute Gasteiger partial charge is 0.417 e. The molecule has 78 valence electrons. The van der Waals surface area contributed by atoms with Crippen molar-refractivity contribution in [3.8, 4) is 5.75 Å². The fourth-order valence-electron chi connectivity index (χ4n) is 0.903. The Kier molecular flexibility index (Phi) is 2.89. The van der Waals surface area contributed by atoms with Gasteiger partial charge >= 0.3 is 6.18 Å². The van der Waals surface area contributed by atoms with Crippen molar-refractivity contribution in [1.29, 1.82) is 0 Å². The number of ether oxygens (including phenoxy) is 1. The zero-order valence-electron chi connectivity index (χ0n) is 6.95. The van der Waals surface area contributed by atoms with Crippen molar-refractivity contribution in [1.82, 2.24) is 0 Å². The lowest BCUT2D eigenvalue weighted by molar-refractivity contribution is -0.137. The third-order valence-corrected chi connectivity index (χ3v) is 1.86. The van der Waals surface area contributed by atoms with E-state index in [0.29, 0.717) is 12.1 Å². The second-order valence-corrected chi connectivity index (χ2v) is 2.87. The van der Waals surface area contributed by atoms with Crippen molar-refractivity contribution in [2.45, 2.75) is 6.18 Å². The molecule has 1 aromatic rings. The number of benzene rings is 1. The van der Waals surface area contributed by atoms with Crippen LogP contribution in [0.25, 0.3) is 0 Å². The number of hydrogen-bond acceptors (Lipinski definition) is 1. The fraction of sp³-hybridized carbons (Fsp3) is 0.250. The van der Waals surface area contributed by atoms with Crippen LogP contribution in [0.4, 0.5) is 17.6 Å². The molecule has 0 heterocycles. The van der Waals surface area contributed by atoms with Gasteiger partial charge in [0, 0.05) is 0 Å². The van der Waals surface area contributed by atoms with E-state index in [1.807, 2.05) is 0 Å². The highest BCUT2D eigenvalue weighted by atomic mass is 35.5. The van der Waals surface area contributed by atoms with Crippen LogP contribution in [0.2, 0.25) is 5.02 Å². The van der Waals surface area contributed by atoms with E-state index in [4.69, 9.17) is 11.6 Å². The molecule has 0 aliphatic heterocycles. The SMILES string of the molecule is COc1cc(C(F)(F)F)c(Cl)cc1F. The minimum Gasteiger partial charge on any atom is -0.494 e. The van der Waals surface area contributed by atoms with Crippen LogP contribution in [0.1, 0.15) is 5.56 Å². The van der Waals surface area contributed by atoms with Crippen molar-refractivity contribution in [3.05, 3.63) is 28.5 Å². The molecule has 0 bridgehead atoms. The Labute approximate surface area is 82.2 Å². The molecule has 0 aliphatic rings. The van der Waals surface area contributed by atoms with E-state index < -0.39 is 28.3 Å². The summed E-state index contributed by atoms with van der Waals surface area (Å²) in [5.74, 6) is -1.41. The van der Waals surface area contributed by atoms with Crippen molar-refractivity contribution >= 4 is 11.6 Å². The molecular formula is C8H5ClF4O. The monoisotopic (exact) mass is 228 g/mol. The van der Waals surface area contributed by atoms with E-state index in [0.717, 1.165) is 7.11 Å². The zero-order chi connectivity index (χ0) is 10.9. The van der Waals surface area contributed by atoms with Gasteiger partial charge in [-0.25, -0.2) is 4.39 Å². The molecule has 0 saturated heterocycles. The number of rotatable bonds is 1. The Bertz CT molecular complexity index is 348. The largest absolute Gasteiger partial charge is 0.494 e. The lowest BCUT2D eigenvalue weighted by Crippen LogP contribution is -2.06. The molecule has 6 heteroatoms. The van der Waals surface area contributed by atoms with Gasteiger partial charge in [-0.05, 0) is 12.1 Å². The normalized spacial score (nSPS) is 11.6. The lowest BCUT2D eigenvalue weighted by Gasteiger charge is -2.10. The fourth-order valence-corrected chi connectivity index (χ4v) is 1.16. The minimum atomic E-state index is -4.61. The topological polar surface area (TPSA) is 9.23 Å². The van der Waals surface area contributed by atoms with Gasteiger partial charge in [0.05, 0.1) is 17.7 Å². The Hall–Kier alpha value is -0.970. The molecule has 0 fully saturated rings. The number of alkyl halides is 3. The molecule has 1 aromatic carbocycles. The summed E-state index contributed by atoms with van der Waals surface area (Å²) in [6, 6.07) is 1.10. The predicted octanol–water partition coefficient (Wildman–Crippen LogP) is 3.51. The zero-order valence-corrected chi connectivity index (χ0v) is 7.71. The van der Waals surface area contributed by atoms with Crippen LogP contribution < -0.4 is 4.74 Å². The van der Waals surface area contributed by atoms with E-state index in [9.17, 15) is 17.6 Å². The summed E-state index contributed by atoms with van der Waals surface area (Å²) >= 11 is 5.23. The first-order valence-electron chi connectivity index (χ1n) is 3.46. The first-order valence-corrected chi connectivity index (χ1v) is 3.84. The number of hydrogen-bond donors (Lipinski definition) is 0. The van der Waals surface area contributed by atoms with E-state index in [2.05, 4.69) is 4.74 Å². The molecule has 0 radical (unpaired) electrons. The molecule has 14 heavy (non-hydrogen) atoms. The van der Waals surface area contributed by atoms with Gasteiger partial charge in [-0.1, -0.05) is 11.6 Å². The maximum atomic E-state index is 12.8. The molecule has 0 spiro atoms. The number of methoxy groups -OCH3 is 1. The van der Waals surface area contributed by atoms with Gasteiger partial charge in [-0.2, -0.15) is 13.2 Å². The Morgan fingerprint density at radius 1 is 1.29 bits per heavy atom. The second-order valence-electron chi connectivity index (χ2n) is 2.46. The van der Waals surface area contributed by atoms with Crippen LogP contribution >= 0.6 is 11.6 Å². The maximum Gasteiger partial charge on any atom is 0.417 e. The van der Waals surface area contributed by atoms with Gasteiger partial charge in [0.1, 0.15) is 0 Å². The van der Waals surface area contributed by atoms with Crippen LogP contribution in [0.3, 0.4) is 0 Å². The summed E-state index contributed by atoms with van der Waals surface area (Å²) in [4.78, 5) is 0. The van der Waals surface area contributed by atoms with Gasteiger partial charge in [-0.15, -0.1) is 0 Å². The first-order chi connectivity index (χ1) is 6.36. The molecule has 1 rings (SSSR count). The van der Waals surface area contributed by atoms with Gasteiger partial charge in [-0.3, -0.25) is 0 Å². The van der Waals surface area contributed by atoms with Crippen molar-refractivity contribution in [2.75, 3.05) is 7.11 Å². The van der Waals surface area contributed by atoms with Gasteiger partial charge < -0.3 is 4.74 Å². The number of halogens is 5. The summed E-state index contributed by atoms with van der Waals surface area (Å²) in [5.41, 5.74) is -1.11. The molecule has 0 saturated carbocycles. The highest BCUT2D eigenvalue weighted by Crippen LogP contribution is 2.37. The third kappa shape index (κ3) is 2.09. The van der Waals surface area contributed by atoms with Crippen LogP contribution in [-0.4, -0.2) is 7.11 Å². The molecule has 0 unspecified atom stereocenters. The third-order valence-electron chi connectivity index (χ3n) is 1.55. The molecule has 1 nitrogen and oxygen atoms in total. The Balaban J connectivity index is 3.32. The van der Waals surface area contributed by atoms with Gasteiger partial charge in [0.25, 0.3) is 0 Å². The Morgan fingerprint density at radius 2 is 1.86 bits per heavy atom. The molecule has 0 aliphatic carbocycles. The van der Waals surface area contributed by atoms with Crippen LogP contribution in [0.15, 0.2) is 12.1 Å². The molecule has 0 amide bonds. The van der Waals surface area contributed by atoms with E-state index in [1.165, 1.54) is 0 Å². The highest BCUT2D eigenvalue weighted by Gasteiger charge is 2.34. The highest BCUT2D eigenvalue weighted by molar-refractivity contribution is 6.31. The summed E-state index contributed by atoms with van der Waals surface area (Å²) in [6.07, 6.45) is -4.61. The van der Waals surface area contributed by atoms with Crippen molar-refractivity contribution < 1.29 is 22.3 Å². The van der Waals surface area contributed by atoms with Crippen molar-refractivity contribution in [2.24, 2.45) is 0 Å². The second kappa shape index (κ2) is 3.65. The van der Waals surface area contributed by atoms with Crippen LogP contribution in [-0.2, 0) is 6.18 Å². The van der Waals surface area contributed by atoms with Gasteiger partial charge in [0.15, 0.2) is 11.6 Å². The minimum absolute atomic E-state index is 0.485. The van der Waals surface area contributed by atoms with Crippen molar-refractivity contribution in [3.63, 3.8) is 0 Å². The van der Waals surface area contributed by atoms with E-state index >= 15 is 0 Å². The summed E-state index contributed by atoms with van der Waals surface area (Å²) in [6.45, 7) is 0. The maximum absolute atomic E-state index is 12.8. The quantitative estimate of drug-likeness (QED) is 0.669. The van der Waals surface area contributed by atoms with E-state index in [-0.39, 0.29) is 0 Å². The lowest BCUT2D eigenvalue weighted by atomic mass is 10.2. The Morgan fingerprint density at radius 3 is 2.29 bits per heavy atom. The summed E-state index contributed by atoms with van der Waals surface area (Å²) < 4.78 is 53.9. The average molecular weight is 229 g/mol. The molecule has 0 atom stereocenters. The standard InChI is InChI=1S/C8H5ClF4O/c1-14-7-2-4(8(11,12)13)5(9)3-6(7)10/h2-3H,1H3. The van der Waals surface area contributed by atoms with Gasteiger partial charge in [0.2, 0.25) is 0 Å². The molecular weight excluding hydrogens is 224 g/mol. The van der Waals surface area contributed by atoms with Crippen LogP contribution in [0.5, 0.6) is 5.75 Å². The summed E-state index contributed by atoms with van der Waals surface area (Å²) in [5, 5.41) is -0.684. The first kappa shape index (κ1) is 11.1.